The van der Waals surface area contributed by atoms with Gasteiger partial charge >= 0.3 is 0 Å². The molecule has 0 aliphatic heterocycles. The second kappa shape index (κ2) is 6.61. The van der Waals surface area contributed by atoms with Crippen LogP contribution in [0.25, 0.3) is 0 Å². The van der Waals surface area contributed by atoms with Gasteiger partial charge in [-0.25, -0.2) is 0 Å². The molecule has 0 radical (unpaired) electrons. The lowest BCUT2D eigenvalue weighted by Gasteiger charge is -2.37. The van der Waals surface area contributed by atoms with Gasteiger partial charge in [0, 0.05) is 7.05 Å². The average Bonchev–Trinajstić information content (AvgIpc) is 2.61. The Balaban J connectivity index is 2.03. The molecular formula is C16H27BrN2O. The molecule has 3 atom stereocenters. The quantitative estimate of drug-likeness (QED) is 0.807. The molecular weight excluding hydrogens is 316 g/mol. The number of nitrogens with zero attached hydrogens (tertiary/aromatic N) is 2. The number of hydrogen-bond donors (Lipinski definition) is 0. The molecule has 1 aromatic heterocycles. The molecule has 0 saturated heterocycles. The standard InChI is InChI=1S/C16H27BrN2O/c1-10(2)13-7-6-11(3)8-15(13)20-9-14-16(17)12(4)18-19(14)5/h10-11,13,15H,6-9H2,1-5H3. The molecule has 0 bridgehead atoms. The Hall–Kier alpha value is -0.350. The number of aryl methyl sites for hydroxylation is 2. The molecule has 0 spiro atoms. The molecule has 0 amide bonds. The number of hydrogen-bond acceptors (Lipinski definition) is 2. The summed E-state index contributed by atoms with van der Waals surface area (Å²) in [6.07, 6.45) is 4.23. The largest absolute Gasteiger partial charge is 0.372 e. The zero-order valence-electron chi connectivity index (χ0n) is 13.3. The highest BCUT2D eigenvalue weighted by atomic mass is 79.9. The second-order valence-corrected chi connectivity index (χ2v) is 7.44. The normalized spacial score (nSPS) is 27.2. The summed E-state index contributed by atoms with van der Waals surface area (Å²) in [4.78, 5) is 0. The van der Waals surface area contributed by atoms with Gasteiger partial charge in [0.2, 0.25) is 0 Å². The van der Waals surface area contributed by atoms with E-state index in [0.29, 0.717) is 24.5 Å². The van der Waals surface area contributed by atoms with Crippen LogP contribution in [-0.4, -0.2) is 15.9 Å². The fourth-order valence-corrected chi connectivity index (χ4v) is 3.78. The Bertz CT molecular complexity index is 456. The van der Waals surface area contributed by atoms with E-state index in [4.69, 9.17) is 4.74 Å². The third kappa shape index (κ3) is 3.45. The van der Waals surface area contributed by atoms with Crippen LogP contribution in [0.1, 0.15) is 51.4 Å². The van der Waals surface area contributed by atoms with Gasteiger partial charge in [-0.15, -0.1) is 0 Å². The number of rotatable bonds is 4. The van der Waals surface area contributed by atoms with Crippen LogP contribution in [0, 0.1) is 24.7 Å². The summed E-state index contributed by atoms with van der Waals surface area (Å²) in [5.74, 6) is 2.18. The van der Waals surface area contributed by atoms with E-state index in [1.807, 2.05) is 18.7 Å². The fraction of sp³-hybridized carbons (Fsp3) is 0.812. The van der Waals surface area contributed by atoms with Crippen molar-refractivity contribution in [3.63, 3.8) is 0 Å². The molecule has 1 aliphatic carbocycles. The summed E-state index contributed by atoms with van der Waals surface area (Å²) >= 11 is 3.62. The number of ether oxygens (including phenoxy) is 1. The average molecular weight is 343 g/mol. The lowest BCUT2D eigenvalue weighted by Crippen LogP contribution is -2.34. The predicted octanol–water partition coefficient (Wildman–Crippen LogP) is 4.47. The van der Waals surface area contributed by atoms with Crippen LogP contribution in [-0.2, 0) is 18.4 Å². The van der Waals surface area contributed by atoms with Crippen LogP contribution in [0.5, 0.6) is 0 Å². The molecule has 4 heteroatoms. The molecule has 3 nitrogen and oxygen atoms in total. The molecule has 1 heterocycles. The molecule has 2 rings (SSSR count). The monoisotopic (exact) mass is 342 g/mol. The predicted molar refractivity (Wildman–Crippen MR) is 85.6 cm³/mol. The summed E-state index contributed by atoms with van der Waals surface area (Å²) in [6.45, 7) is 9.66. The van der Waals surface area contributed by atoms with Crippen molar-refractivity contribution >= 4 is 15.9 Å². The van der Waals surface area contributed by atoms with Crippen LogP contribution in [0.2, 0.25) is 0 Å². The van der Waals surface area contributed by atoms with E-state index in [1.54, 1.807) is 0 Å². The highest BCUT2D eigenvalue weighted by Crippen LogP contribution is 2.36. The SMILES string of the molecule is Cc1nn(C)c(COC2CC(C)CCC2C(C)C)c1Br. The minimum absolute atomic E-state index is 0.390. The van der Waals surface area contributed by atoms with Gasteiger partial charge in [0.25, 0.3) is 0 Å². The van der Waals surface area contributed by atoms with Crippen LogP contribution in [0.3, 0.4) is 0 Å². The zero-order chi connectivity index (χ0) is 14.9. The molecule has 0 aromatic carbocycles. The summed E-state index contributed by atoms with van der Waals surface area (Å²) in [5, 5.41) is 4.43. The van der Waals surface area contributed by atoms with Crippen LogP contribution < -0.4 is 0 Å². The van der Waals surface area contributed by atoms with E-state index in [9.17, 15) is 0 Å². The van der Waals surface area contributed by atoms with Crippen molar-refractivity contribution in [3.8, 4) is 0 Å². The highest BCUT2D eigenvalue weighted by molar-refractivity contribution is 9.10. The van der Waals surface area contributed by atoms with Gasteiger partial charge in [0.05, 0.1) is 28.6 Å². The van der Waals surface area contributed by atoms with Gasteiger partial charge in [-0.3, -0.25) is 4.68 Å². The maximum absolute atomic E-state index is 6.30. The van der Waals surface area contributed by atoms with Gasteiger partial charge in [-0.1, -0.05) is 27.2 Å². The van der Waals surface area contributed by atoms with Gasteiger partial charge in [0.15, 0.2) is 0 Å². The van der Waals surface area contributed by atoms with Crippen molar-refractivity contribution in [2.45, 2.75) is 59.7 Å². The molecule has 0 N–H and O–H groups in total. The molecule has 1 aromatic rings. The van der Waals surface area contributed by atoms with E-state index < -0.39 is 0 Å². The minimum atomic E-state index is 0.390. The van der Waals surface area contributed by atoms with Crippen LogP contribution in [0.15, 0.2) is 4.47 Å². The maximum atomic E-state index is 6.30. The first-order valence-electron chi connectivity index (χ1n) is 7.69. The lowest BCUT2D eigenvalue weighted by molar-refractivity contribution is -0.0493. The maximum Gasteiger partial charge on any atom is 0.0900 e. The van der Waals surface area contributed by atoms with Crippen molar-refractivity contribution in [1.82, 2.24) is 9.78 Å². The van der Waals surface area contributed by atoms with Crippen molar-refractivity contribution < 1.29 is 4.74 Å². The van der Waals surface area contributed by atoms with Crippen molar-refractivity contribution in [1.29, 1.82) is 0 Å². The van der Waals surface area contributed by atoms with Gasteiger partial charge in [-0.05, 0) is 53.4 Å². The topological polar surface area (TPSA) is 27.1 Å². The summed E-state index contributed by atoms with van der Waals surface area (Å²) < 4.78 is 9.31. The molecule has 1 fully saturated rings. The highest BCUT2D eigenvalue weighted by Gasteiger charge is 2.31. The lowest BCUT2D eigenvalue weighted by atomic mass is 9.75. The Kier molecular flexibility index (Phi) is 5.30. The van der Waals surface area contributed by atoms with E-state index >= 15 is 0 Å². The van der Waals surface area contributed by atoms with Crippen molar-refractivity contribution in [2.24, 2.45) is 24.8 Å². The van der Waals surface area contributed by atoms with Crippen molar-refractivity contribution in [2.75, 3.05) is 0 Å². The first-order valence-corrected chi connectivity index (χ1v) is 8.49. The molecule has 114 valence electrons. The number of aromatic nitrogens is 2. The summed E-state index contributed by atoms with van der Waals surface area (Å²) in [7, 11) is 1.99. The number of halogens is 1. The third-order valence-electron chi connectivity index (χ3n) is 4.66. The van der Waals surface area contributed by atoms with Crippen molar-refractivity contribution in [3.05, 3.63) is 15.9 Å². The van der Waals surface area contributed by atoms with E-state index in [0.717, 1.165) is 21.8 Å². The van der Waals surface area contributed by atoms with E-state index in [2.05, 4.69) is 41.8 Å². The van der Waals surface area contributed by atoms with Gasteiger partial charge in [0.1, 0.15) is 0 Å². The Morgan fingerprint density at radius 2 is 2.10 bits per heavy atom. The van der Waals surface area contributed by atoms with Gasteiger partial charge < -0.3 is 4.74 Å². The smallest absolute Gasteiger partial charge is 0.0900 e. The first-order chi connectivity index (χ1) is 9.40. The second-order valence-electron chi connectivity index (χ2n) is 6.65. The molecule has 1 saturated carbocycles. The van der Waals surface area contributed by atoms with E-state index in [-0.39, 0.29) is 0 Å². The Morgan fingerprint density at radius 3 is 2.65 bits per heavy atom. The van der Waals surface area contributed by atoms with Crippen LogP contribution >= 0.6 is 15.9 Å². The Labute approximate surface area is 131 Å². The zero-order valence-corrected chi connectivity index (χ0v) is 14.9. The fourth-order valence-electron chi connectivity index (χ4n) is 3.33. The molecule has 3 unspecified atom stereocenters. The van der Waals surface area contributed by atoms with Gasteiger partial charge in [-0.2, -0.15) is 5.10 Å². The van der Waals surface area contributed by atoms with E-state index in [1.165, 1.54) is 19.3 Å². The first kappa shape index (κ1) is 16.0. The molecule has 1 aliphatic rings. The Morgan fingerprint density at radius 1 is 1.40 bits per heavy atom. The molecule has 20 heavy (non-hydrogen) atoms. The van der Waals surface area contributed by atoms with Crippen LogP contribution in [0.4, 0.5) is 0 Å². The third-order valence-corrected chi connectivity index (χ3v) is 5.69. The summed E-state index contributed by atoms with van der Waals surface area (Å²) in [5.41, 5.74) is 2.17. The summed E-state index contributed by atoms with van der Waals surface area (Å²) in [6, 6.07) is 0. The minimum Gasteiger partial charge on any atom is -0.372 e.